The number of carbonyl (C=O) groups is 2. The van der Waals surface area contributed by atoms with E-state index in [0.29, 0.717) is 12.8 Å². The molecule has 0 bridgehead atoms. The zero-order chi connectivity index (χ0) is 14.9. The second kappa shape index (κ2) is 16.9. The van der Waals surface area contributed by atoms with Crippen molar-refractivity contribution in [3.05, 3.63) is 0 Å². The number of hydrogen-bond acceptors (Lipinski definition) is 2. The minimum atomic E-state index is -0.870. The smallest absolute Gasteiger partial charge is 0.303 e. The van der Waals surface area contributed by atoms with Crippen LogP contribution in [0.4, 0.5) is 0 Å². The molecule has 0 spiro atoms. The Morgan fingerprint density at radius 1 is 0.632 bits per heavy atom. The molecule has 114 valence electrons. The summed E-state index contributed by atoms with van der Waals surface area (Å²) < 4.78 is 0. The maximum absolute atomic E-state index is 9.90. The van der Waals surface area contributed by atoms with Gasteiger partial charge >= 0.3 is 11.9 Å². The molecule has 0 aliphatic rings. The van der Waals surface area contributed by atoms with E-state index in [1.807, 2.05) is 0 Å². The largest absolute Gasteiger partial charge is 0.481 e. The molecule has 0 fully saturated rings. The average molecular weight is 274 g/mol. The fraction of sp³-hybridized carbons (Fsp3) is 0.867. The first-order valence-electron chi connectivity index (χ1n) is 7.48. The zero-order valence-electron chi connectivity index (χ0n) is 12.5. The number of rotatable bonds is 11. The highest BCUT2D eigenvalue weighted by molar-refractivity contribution is 5.67. The van der Waals surface area contributed by atoms with Crippen LogP contribution >= 0.6 is 0 Å². The van der Waals surface area contributed by atoms with E-state index in [4.69, 9.17) is 10.2 Å². The first-order chi connectivity index (χ1) is 9.04. The Bertz CT molecular complexity index is 192. The molecule has 0 aromatic rings. The lowest BCUT2D eigenvalue weighted by atomic mass is 10.1. The van der Waals surface area contributed by atoms with Crippen molar-refractivity contribution in [1.29, 1.82) is 0 Å². The molecule has 0 saturated carbocycles. The van der Waals surface area contributed by atoms with Crippen LogP contribution in [0.2, 0.25) is 0 Å². The molecule has 4 nitrogen and oxygen atoms in total. The van der Waals surface area contributed by atoms with Crippen LogP contribution in [0.3, 0.4) is 0 Å². The van der Waals surface area contributed by atoms with Gasteiger partial charge in [-0.15, -0.1) is 0 Å². The van der Waals surface area contributed by atoms with Gasteiger partial charge in [0.2, 0.25) is 0 Å². The first-order valence-corrected chi connectivity index (χ1v) is 7.48. The summed E-state index contributed by atoms with van der Waals surface area (Å²) in [6, 6.07) is 0. The Labute approximate surface area is 117 Å². The van der Waals surface area contributed by atoms with Gasteiger partial charge < -0.3 is 10.2 Å². The van der Waals surface area contributed by atoms with Crippen molar-refractivity contribution < 1.29 is 19.8 Å². The quantitative estimate of drug-likeness (QED) is 0.545. The van der Waals surface area contributed by atoms with Crippen LogP contribution < -0.4 is 0 Å². The van der Waals surface area contributed by atoms with E-state index in [2.05, 4.69) is 13.8 Å². The normalized spacial score (nSPS) is 9.58. The van der Waals surface area contributed by atoms with Gasteiger partial charge in [0, 0.05) is 12.8 Å². The molecule has 0 aliphatic heterocycles. The summed E-state index contributed by atoms with van der Waals surface area (Å²) >= 11 is 0. The van der Waals surface area contributed by atoms with E-state index in [1.165, 1.54) is 44.9 Å². The standard InChI is InChI=1S/C9H20.C6H10O4/c1-3-5-7-9-8-6-4-2;7-5(8)3-1-2-4-6(9)10/h3-9H2,1-2H3;1-4H2,(H,7,8)(H,9,10). The molecular weight excluding hydrogens is 244 g/mol. The SMILES string of the molecule is CCCCCCCCC.O=C(O)CCCCC(=O)O. The van der Waals surface area contributed by atoms with Gasteiger partial charge in [-0.1, -0.05) is 58.8 Å². The lowest BCUT2D eigenvalue weighted by molar-refractivity contribution is -0.139. The summed E-state index contributed by atoms with van der Waals surface area (Å²) in [6.07, 6.45) is 11.0. The van der Waals surface area contributed by atoms with Crippen molar-refractivity contribution in [3.63, 3.8) is 0 Å². The van der Waals surface area contributed by atoms with E-state index in [0.717, 1.165) is 0 Å². The molecule has 0 aromatic heterocycles. The number of unbranched alkanes of at least 4 members (excludes halogenated alkanes) is 7. The van der Waals surface area contributed by atoms with E-state index >= 15 is 0 Å². The number of aliphatic carboxylic acids is 2. The Kier molecular flexibility index (Phi) is 18.1. The number of carboxylic acids is 2. The second-order valence-electron chi connectivity index (χ2n) is 4.76. The molecule has 0 atom stereocenters. The van der Waals surface area contributed by atoms with Crippen LogP contribution in [0, 0.1) is 0 Å². The third-order valence-corrected chi connectivity index (χ3v) is 2.74. The van der Waals surface area contributed by atoms with E-state index < -0.39 is 11.9 Å². The van der Waals surface area contributed by atoms with Crippen molar-refractivity contribution in [1.82, 2.24) is 0 Å². The Balaban J connectivity index is 0. The minimum absolute atomic E-state index is 0.0628. The fourth-order valence-electron chi connectivity index (χ4n) is 1.58. The van der Waals surface area contributed by atoms with Crippen LogP contribution in [-0.4, -0.2) is 22.2 Å². The predicted octanol–water partition coefficient (Wildman–Crippen LogP) is 4.47. The number of carboxylic acid groups (broad SMARTS) is 2. The first kappa shape index (κ1) is 20.3. The molecule has 0 amide bonds. The molecule has 0 aliphatic carbocycles. The van der Waals surface area contributed by atoms with Crippen LogP contribution in [-0.2, 0) is 9.59 Å². The summed E-state index contributed by atoms with van der Waals surface area (Å²) in [5.41, 5.74) is 0. The zero-order valence-corrected chi connectivity index (χ0v) is 12.5. The highest BCUT2D eigenvalue weighted by atomic mass is 16.4. The summed E-state index contributed by atoms with van der Waals surface area (Å²) in [4.78, 5) is 19.8. The molecule has 19 heavy (non-hydrogen) atoms. The summed E-state index contributed by atoms with van der Waals surface area (Å²) in [5.74, 6) is -1.74. The topological polar surface area (TPSA) is 74.6 Å². The molecule has 4 heteroatoms. The van der Waals surface area contributed by atoms with E-state index in [-0.39, 0.29) is 12.8 Å². The van der Waals surface area contributed by atoms with Crippen molar-refractivity contribution in [2.75, 3.05) is 0 Å². The van der Waals surface area contributed by atoms with Crippen molar-refractivity contribution in [2.45, 2.75) is 84.5 Å². The minimum Gasteiger partial charge on any atom is -0.481 e. The Morgan fingerprint density at radius 3 is 1.21 bits per heavy atom. The van der Waals surface area contributed by atoms with E-state index in [1.54, 1.807) is 0 Å². The monoisotopic (exact) mass is 274 g/mol. The van der Waals surface area contributed by atoms with Crippen LogP contribution in [0.1, 0.15) is 84.5 Å². The Hall–Kier alpha value is -1.06. The lowest BCUT2D eigenvalue weighted by Crippen LogP contribution is -1.97. The summed E-state index contributed by atoms with van der Waals surface area (Å²) in [7, 11) is 0. The van der Waals surface area contributed by atoms with Gasteiger partial charge in [-0.2, -0.15) is 0 Å². The van der Waals surface area contributed by atoms with Crippen molar-refractivity contribution >= 4 is 11.9 Å². The van der Waals surface area contributed by atoms with Crippen molar-refractivity contribution in [3.8, 4) is 0 Å². The highest BCUT2D eigenvalue weighted by Gasteiger charge is 1.99. The fourth-order valence-corrected chi connectivity index (χ4v) is 1.58. The lowest BCUT2D eigenvalue weighted by Gasteiger charge is -1.96. The maximum Gasteiger partial charge on any atom is 0.303 e. The summed E-state index contributed by atoms with van der Waals surface area (Å²) in [6.45, 7) is 4.53. The second-order valence-corrected chi connectivity index (χ2v) is 4.76. The molecule has 0 heterocycles. The van der Waals surface area contributed by atoms with Gasteiger partial charge in [0.1, 0.15) is 0 Å². The Morgan fingerprint density at radius 2 is 0.947 bits per heavy atom. The van der Waals surface area contributed by atoms with Gasteiger partial charge in [0.25, 0.3) is 0 Å². The van der Waals surface area contributed by atoms with Gasteiger partial charge in [-0.3, -0.25) is 9.59 Å². The van der Waals surface area contributed by atoms with Crippen LogP contribution in [0.25, 0.3) is 0 Å². The van der Waals surface area contributed by atoms with Gasteiger partial charge in [0.05, 0.1) is 0 Å². The maximum atomic E-state index is 9.90. The highest BCUT2D eigenvalue weighted by Crippen LogP contribution is 2.05. The molecule has 0 rings (SSSR count). The molecular formula is C15H30O4. The van der Waals surface area contributed by atoms with Gasteiger partial charge in [-0.25, -0.2) is 0 Å². The predicted molar refractivity (Wildman–Crippen MR) is 77.4 cm³/mol. The third-order valence-electron chi connectivity index (χ3n) is 2.74. The van der Waals surface area contributed by atoms with E-state index in [9.17, 15) is 9.59 Å². The summed E-state index contributed by atoms with van der Waals surface area (Å²) in [5, 5.41) is 16.3. The van der Waals surface area contributed by atoms with Crippen molar-refractivity contribution in [2.24, 2.45) is 0 Å². The van der Waals surface area contributed by atoms with Gasteiger partial charge in [0.15, 0.2) is 0 Å². The molecule has 0 saturated heterocycles. The third kappa shape index (κ3) is 26.5. The average Bonchev–Trinajstić information content (AvgIpc) is 2.35. The molecule has 0 unspecified atom stereocenters. The van der Waals surface area contributed by atoms with Crippen LogP contribution in [0.15, 0.2) is 0 Å². The molecule has 0 radical (unpaired) electrons. The molecule has 2 N–H and O–H groups in total. The van der Waals surface area contributed by atoms with Gasteiger partial charge in [-0.05, 0) is 12.8 Å². The van der Waals surface area contributed by atoms with Crippen LogP contribution in [0.5, 0.6) is 0 Å². The number of hydrogen-bond donors (Lipinski definition) is 2. The molecule has 0 aromatic carbocycles.